The van der Waals surface area contributed by atoms with Gasteiger partial charge < -0.3 is 24.4 Å². The topological polar surface area (TPSA) is 79.3 Å². The predicted molar refractivity (Wildman–Crippen MR) is 95.5 cm³/mol. The first kappa shape index (κ1) is 21.9. The van der Waals surface area contributed by atoms with Crippen molar-refractivity contribution in [2.24, 2.45) is 11.8 Å². The van der Waals surface area contributed by atoms with Gasteiger partial charge in [-0.1, -0.05) is 0 Å². The molecule has 7 heteroatoms. The molecule has 0 aromatic carbocycles. The van der Waals surface area contributed by atoms with Gasteiger partial charge in [0.25, 0.3) is 6.47 Å². The standard InChI is InChI=1S/C17H32N2O3.CH2O2/c1-18(17(20)12-16-4-3-10-22-14-16)13-15-5-7-19(8-6-15)9-11-21-2;2-1-3/h15-16H,3-14H2,1-2H3;1H,(H,2,3). The molecule has 1 N–H and O–H groups in total. The minimum absolute atomic E-state index is 0.250. The van der Waals surface area contributed by atoms with Gasteiger partial charge in [0, 0.05) is 46.9 Å². The van der Waals surface area contributed by atoms with Crippen molar-refractivity contribution in [3.05, 3.63) is 0 Å². The predicted octanol–water partition coefficient (Wildman–Crippen LogP) is 1.32. The van der Waals surface area contributed by atoms with Crippen LogP contribution >= 0.6 is 0 Å². The molecule has 1 atom stereocenters. The lowest BCUT2D eigenvalue weighted by Crippen LogP contribution is -2.41. The summed E-state index contributed by atoms with van der Waals surface area (Å²) < 4.78 is 10.6. The van der Waals surface area contributed by atoms with E-state index in [1.165, 1.54) is 12.8 Å². The Balaban J connectivity index is 0.000000970. The average Bonchev–Trinajstić information content (AvgIpc) is 2.62. The molecule has 2 saturated heterocycles. The van der Waals surface area contributed by atoms with E-state index in [-0.39, 0.29) is 12.4 Å². The number of ether oxygens (including phenoxy) is 2. The van der Waals surface area contributed by atoms with Crippen LogP contribution in [0.15, 0.2) is 0 Å². The van der Waals surface area contributed by atoms with E-state index in [2.05, 4.69) is 4.90 Å². The highest BCUT2D eigenvalue weighted by Gasteiger charge is 2.24. The van der Waals surface area contributed by atoms with Gasteiger partial charge in [0.15, 0.2) is 0 Å². The molecule has 2 fully saturated rings. The van der Waals surface area contributed by atoms with E-state index >= 15 is 0 Å². The fourth-order valence-corrected chi connectivity index (χ4v) is 3.47. The summed E-state index contributed by atoms with van der Waals surface area (Å²) in [6.07, 6.45) is 5.27. The molecule has 0 spiro atoms. The molecular formula is C18H34N2O5. The molecule has 2 aliphatic heterocycles. The lowest BCUT2D eigenvalue weighted by molar-refractivity contribution is -0.132. The largest absolute Gasteiger partial charge is 0.483 e. The van der Waals surface area contributed by atoms with Gasteiger partial charge in [-0.25, -0.2) is 0 Å². The Labute approximate surface area is 151 Å². The van der Waals surface area contributed by atoms with Gasteiger partial charge in [0.1, 0.15) is 0 Å². The Morgan fingerprint density at radius 1 is 1.32 bits per heavy atom. The zero-order valence-corrected chi connectivity index (χ0v) is 15.7. The SMILES string of the molecule is COCCN1CCC(CN(C)C(=O)CC2CCCOC2)CC1.O=CO. The molecule has 2 heterocycles. The van der Waals surface area contributed by atoms with Gasteiger partial charge in [-0.05, 0) is 50.6 Å². The number of carbonyl (C=O) groups excluding carboxylic acids is 1. The zero-order chi connectivity index (χ0) is 18.5. The molecular weight excluding hydrogens is 324 g/mol. The van der Waals surface area contributed by atoms with E-state index in [9.17, 15) is 4.79 Å². The number of hydrogen-bond donors (Lipinski definition) is 1. The van der Waals surface area contributed by atoms with E-state index in [4.69, 9.17) is 19.4 Å². The lowest BCUT2D eigenvalue weighted by Gasteiger charge is -2.34. The van der Waals surface area contributed by atoms with Crippen molar-refractivity contribution >= 4 is 12.4 Å². The van der Waals surface area contributed by atoms with Crippen LogP contribution in [0.25, 0.3) is 0 Å². The molecule has 0 bridgehead atoms. The second kappa shape index (κ2) is 13.1. The normalized spacial score (nSPS) is 21.9. The van der Waals surface area contributed by atoms with E-state index in [1.54, 1.807) is 7.11 Å². The Morgan fingerprint density at radius 2 is 2.00 bits per heavy atom. The Hall–Kier alpha value is -1.18. The number of piperidine rings is 1. The zero-order valence-electron chi connectivity index (χ0n) is 15.7. The first-order chi connectivity index (χ1) is 12.1. The van der Waals surface area contributed by atoms with Crippen LogP contribution < -0.4 is 0 Å². The maximum Gasteiger partial charge on any atom is 0.290 e. The van der Waals surface area contributed by atoms with Gasteiger partial charge in [0.05, 0.1) is 6.61 Å². The third-order valence-corrected chi connectivity index (χ3v) is 4.99. The van der Waals surface area contributed by atoms with Crippen molar-refractivity contribution < 1.29 is 24.2 Å². The maximum atomic E-state index is 12.3. The molecule has 1 amide bonds. The van der Waals surface area contributed by atoms with Crippen LogP contribution in [0.2, 0.25) is 0 Å². The van der Waals surface area contributed by atoms with Gasteiger partial charge >= 0.3 is 0 Å². The van der Waals surface area contributed by atoms with Crippen LogP contribution in [-0.2, 0) is 19.1 Å². The fourth-order valence-electron chi connectivity index (χ4n) is 3.47. The monoisotopic (exact) mass is 358 g/mol. The van der Waals surface area contributed by atoms with Crippen molar-refractivity contribution in [3.8, 4) is 0 Å². The van der Waals surface area contributed by atoms with Gasteiger partial charge in [-0.3, -0.25) is 9.59 Å². The number of likely N-dealkylation sites (tertiary alicyclic amines) is 1. The van der Waals surface area contributed by atoms with Gasteiger partial charge in [0.2, 0.25) is 5.91 Å². The average molecular weight is 358 g/mol. The first-order valence-electron chi connectivity index (χ1n) is 9.21. The van der Waals surface area contributed by atoms with Gasteiger partial charge in [-0.2, -0.15) is 0 Å². The second-order valence-electron chi connectivity index (χ2n) is 6.94. The number of carbonyl (C=O) groups is 2. The molecule has 1 unspecified atom stereocenters. The summed E-state index contributed by atoms with van der Waals surface area (Å²) in [6.45, 7) is 6.38. The molecule has 25 heavy (non-hydrogen) atoms. The second-order valence-corrected chi connectivity index (χ2v) is 6.94. The Morgan fingerprint density at radius 3 is 2.56 bits per heavy atom. The van der Waals surface area contributed by atoms with Crippen molar-refractivity contribution in [1.29, 1.82) is 0 Å². The van der Waals surface area contributed by atoms with Crippen LogP contribution in [-0.4, -0.2) is 87.4 Å². The quantitative estimate of drug-likeness (QED) is 0.692. The Bertz CT molecular complexity index is 366. The highest BCUT2D eigenvalue weighted by atomic mass is 16.5. The molecule has 0 aromatic rings. The third-order valence-electron chi connectivity index (χ3n) is 4.99. The summed E-state index contributed by atoms with van der Waals surface area (Å²) in [4.78, 5) is 25.1. The number of rotatable bonds is 7. The van der Waals surface area contributed by atoms with Gasteiger partial charge in [-0.15, -0.1) is 0 Å². The summed E-state index contributed by atoms with van der Waals surface area (Å²) >= 11 is 0. The van der Waals surface area contributed by atoms with Crippen molar-refractivity contribution in [2.45, 2.75) is 32.1 Å². The number of methoxy groups -OCH3 is 1. The van der Waals surface area contributed by atoms with Crippen LogP contribution in [0.4, 0.5) is 0 Å². The molecule has 0 radical (unpaired) electrons. The molecule has 0 aromatic heterocycles. The van der Waals surface area contributed by atoms with Crippen LogP contribution in [0.3, 0.4) is 0 Å². The van der Waals surface area contributed by atoms with E-state index < -0.39 is 0 Å². The lowest BCUT2D eigenvalue weighted by atomic mass is 9.95. The summed E-state index contributed by atoms with van der Waals surface area (Å²) in [5.41, 5.74) is 0. The van der Waals surface area contributed by atoms with E-state index in [0.29, 0.717) is 18.3 Å². The molecule has 146 valence electrons. The summed E-state index contributed by atoms with van der Waals surface area (Å²) in [5.74, 6) is 1.37. The smallest absolute Gasteiger partial charge is 0.290 e. The van der Waals surface area contributed by atoms with Crippen LogP contribution in [0.5, 0.6) is 0 Å². The third kappa shape index (κ3) is 9.18. The first-order valence-corrected chi connectivity index (χ1v) is 9.21. The number of carboxylic acid groups (broad SMARTS) is 1. The fraction of sp³-hybridized carbons (Fsp3) is 0.889. The molecule has 2 rings (SSSR count). The molecule has 0 saturated carbocycles. The van der Waals surface area contributed by atoms with Crippen molar-refractivity contribution in [2.75, 3.05) is 60.2 Å². The number of hydrogen-bond acceptors (Lipinski definition) is 5. The summed E-state index contributed by atoms with van der Waals surface area (Å²) in [5, 5.41) is 6.89. The summed E-state index contributed by atoms with van der Waals surface area (Å²) in [6, 6.07) is 0. The summed E-state index contributed by atoms with van der Waals surface area (Å²) in [7, 11) is 3.72. The minimum Gasteiger partial charge on any atom is -0.483 e. The molecule has 7 nitrogen and oxygen atoms in total. The van der Waals surface area contributed by atoms with Crippen molar-refractivity contribution in [1.82, 2.24) is 9.80 Å². The maximum absolute atomic E-state index is 12.3. The molecule has 0 aliphatic carbocycles. The van der Waals surface area contributed by atoms with Crippen LogP contribution in [0, 0.1) is 11.8 Å². The number of nitrogens with zero attached hydrogens (tertiary/aromatic N) is 2. The highest BCUT2D eigenvalue weighted by molar-refractivity contribution is 5.76. The number of amides is 1. The van der Waals surface area contributed by atoms with E-state index in [1.807, 2.05) is 11.9 Å². The minimum atomic E-state index is -0.250. The Kier molecular flexibility index (Phi) is 11.4. The highest BCUT2D eigenvalue weighted by Crippen LogP contribution is 2.21. The molecule has 2 aliphatic rings. The van der Waals surface area contributed by atoms with Crippen molar-refractivity contribution in [3.63, 3.8) is 0 Å². The van der Waals surface area contributed by atoms with E-state index in [0.717, 1.165) is 58.8 Å². The van der Waals surface area contributed by atoms with Crippen LogP contribution in [0.1, 0.15) is 32.1 Å².